The molecule has 1 fully saturated rings. The number of piperazine rings is 1. The van der Waals surface area contributed by atoms with Gasteiger partial charge in [0.25, 0.3) is 0 Å². The van der Waals surface area contributed by atoms with E-state index in [2.05, 4.69) is 15.3 Å². The maximum Gasteiger partial charge on any atom is 0.236 e. The summed E-state index contributed by atoms with van der Waals surface area (Å²) in [5.41, 5.74) is 1.21. The first-order valence-electron chi connectivity index (χ1n) is 6.80. The van der Waals surface area contributed by atoms with Crippen LogP contribution in [0.25, 0.3) is 0 Å². The van der Waals surface area contributed by atoms with Gasteiger partial charge >= 0.3 is 0 Å². The van der Waals surface area contributed by atoms with Crippen LogP contribution in [0.4, 0.5) is 0 Å². The van der Waals surface area contributed by atoms with Crippen molar-refractivity contribution in [3.05, 3.63) is 18.0 Å². The van der Waals surface area contributed by atoms with Crippen LogP contribution in [0.1, 0.15) is 5.56 Å². The van der Waals surface area contributed by atoms with Crippen LogP contribution in [-0.2, 0) is 18.3 Å². The molecule has 1 aliphatic heterocycles. The van der Waals surface area contributed by atoms with Crippen LogP contribution in [0.5, 0.6) is 0 Å². The lowest BCUT2D eigenvalue weighted by molar-refractivity contribution is -0.132. The summed E-state index contributed by atoms with van der Waals surface area (Å²) < 4.78 is 1.81. The standard InChI is InChI=1S/C13H23N5O/c1-16(6-3-12-9-15-17(2)10-12)11-13(19)18-7-4-14-5-8-18/h9-10,14H,3-8,11H2,1-2H3. The maximum atomic E-state index is 12.1. The summed E-state index contributed by atoms with van der Waals surface area (Å²) in [7, 11) is 3.91. The molecule has 0 radical (unpaired) electrons. The Labute approximate surface area is 114 Å². The van der Waals surface area contributed by atoms with Crippen LogP contribution >= 0.6 is 0 Å². The molecule has 0 aromatic carbocycles. The molecular formula is C13H23N5O. The summed E-state index contributed by atoms with van der Waals surface area (Å²) in [5.74, 6) is 0.232. The third-order valence-electron chi connectivity index (χ3n) is 3.42. The third-order valence-corrected chi connectivity index (χ3v) is 3.42. The van der Waals surface area contributed by atoms with Crippen molar-refractivity contribution in [1.29, 1.82) is 0 Å². The van der Waals surface area contributed by atoms with Gasteiger partial charge in [0.15, 0.2) is 0 Å². The van der Waals surface area contributed by atoms with Crippen molar-refractivity contribution >= 4 is 5.91 Å². The molecule has 0 unspecified atom stereocenters. The zero-order valence-corrected chi connectivity index (χ0v) is 11.8. The second kappa shape index (κ2) is 6.68. The van der Waals surface area contributed by atoms with Crippen molar-refractivity contribution in [3.63, 3.8) is 0 Å². The predicted octanol–water partition coefficient (Wildman–Crippen LogP) is -0.674. The van der Waals surface area contributed by atoms with Gasteiger partial charge in [0.2, 0.25) is 5.91 Å². The minimum Gasteiger partial charge on any atom is -0.339 e. The Morgan fingerprint density at radius 1 is 1.47 bits per heavy atom. The number of aromatic nitrogens is 2. The van der Waals surface area contributed by atoms with E-state index in [4.69, 9.17) is 0 Å². The number of likely N-dealkylation sites (N-methyl/N-ethyl adjacent to an activating group) is 1. The van der Waals surface area contributed by atoms with Gasteiger partial charge in [-0.2, -0.15) is 5.10 Å². The van der Waals surface area contributed by atoms with Gasteiger partial charge in [-0.3, -0.25) is 14.4 Å². The van der Waals surface area contributed by atoms with Gasteiger partial charge in [0.1, 0.15) is 0 Å². The number of nitrogens with one attached hydrogen (secondary N) is 1. The molecule has 0 saturated carbocycles. The molecule has 1 aromatic rings. The summed E-state index contributed by atoms with van der Waals surface area (Å²) in [5, 5.41) is 7.40. The lowest BCUT2D eigenvalue weighted by Gasteiger charge is -2.29. The topological polar surface area (TPSA) is 53.4 Å². The van der Waals surface area contributed by atoms with Crippen molar-refractivity contribution in [2.75, 3.05) is 46.3 Å². The number of hydrogen-bond donors (Lipinski definition) is 1. The highest BCUT2D eigenvalue weighted by Crippen LogP contribution is 2.00. The number of amides is 1. The Bertz CT molecular complexity index is 411. The lowest BCUT2D eigenvalue weighted by atomic mass is 10.2. The molecule has 6 heteroatoms. The largest absolute Gasteiger partial charge is 0.339 e. The van der Waals surface area contributed by atoms with Gasteiger partial charge in [0.05, 0.1) is 12.7 Å². The Morgan fingerprint density at radius 2 is 2.21 bits per heavy atom. The predicted molar refractivity (Wildman–Crippen MR) is 73.9 cm³/mol. The van der Waals surface area contributed by atoms with Crippen molar-refractivity contribution < 1.29 is 4.79 Å². The lowest BCUT2D eigenvalue weighted by Crippen LogP contribution is -2.49. The van der Waals surface area contributed by atoms with Crippen LogP contribution < -0.4 is 5.32 Å². The number of aryl methyl sites for hydroxylation is 1. The minimum absolute atomic E-state index is 0.232. The van der Waals surface area contributed by atoms with Crippen molar-refractivity contribution in [3.8, 4) is 0 Å². The first-order chi connectivity index (χ1) is 9.15. The van der Waals surface area contributed by atoms with Crippen LogP contribution in [-0.4, -0.2) is 71.8 Å². The molecule has 2 heterocycles. The van der Waals surface area contributed by atoms with E-state index in [-0.39, 0.29) is 5.91 Å². The summed E-state index contributed by atoms with van der Waals surface area (Å²) in [6, 6.07) is 0. The van der Waals surface area contributed by atoms with Gasteiger partial charge in [0, 0.05) is 46.0 Å². The molecule has 1 saturated heterocycles. The second-order valence-electron chi connectivity index (χ2n) is 5.14. The molecule has 19 heavy (non-hydrogen) atoms. The summed E-state index contributed by atoms with van der Waals surface area (Å²) in [4.78, 5) is 16.1. The SMILES string of the molecule is CN(CCc1cnn(C)c1)CC(=O)N1CCNCC1. The fourth-order valence-electron chi connectivity index (χ4n) is 2.25. The average Bonchev–Trinajstić information content (AvgIpc) is 2.83. The quantitative estimate of drug-likeness (QED) is 0.767. The van der Waals surface area contributed by atoms with Gasteiger partial charge in [-0.25, -0.2) is 0 Å². The van der Waals surface area contributed by atoms with E-state index < -0.39 is 0 Å². The average molecular weight is 265 g/mol. The molecule has 1 aromatic heterocycles. The Hall–Kier alpha value is -1.40. The fourth-order valence-corrected chi connectivity index (χ4v) is 2.25. The van der Waals surface area contributed by atoms with E-state index >= 15 is 0 Å². The molecule has 1 N–H and O–H groups in total. The summed E-state index contributed by atoms with van der Waals surface area (Å²) >= 11 is 0. The van der Waals surface area contributed by atoms with E-state index in [1.807, 2.05) is 31.4 Å². The normalized spacial score (nSPS) is 16.1. The van der Waals surface area contributed by atoms with Crippen LogP contribution in [0.15, 0.2) is 12.4 Å². The summed E-state index contributed by atoms with van der Waals surface area (Å²) in [6.07, 6.45) is 4.83. The number of carbonyl (C=O) groups excluding carboxylic acids is 1. The van der Waals surface area contributed by atoms with Crippen LogP contribution in [0.2, 0.25) is 0 Å². The third kappa shape index (κ3) is 4.33. The molecule has 0 aliphatic carbocycles. The molecule has 106 valence electrons. The fraction of sp³-hybridized carbons (Fsp3) is 0.692. The highest BCUT2D eigenvalue weighted by Gasteiger charge is 2.17. The highest BCUT2D eigenvalue weighted by molar-refractivity contribution is 5.78. The number of rotatable bonds is 5. The van der Waals surface area contributed by atoms with Gasteiger partial charge in [-0.05, 0) is 19.0 Å². The van der Waals surface area contributed by atoms with Crippen molar-refractivity contribution in [2.45, 2.75) is 6.42 Å². The van der Waals surface area contributed by atoms with E-state index in [0.717, 1.165) is 39.1 Å². The number of nitrogens with zero attached hydrogens (tertiary/aromatic N) is 4. The molecular weight excluding hydrogens is 242 g/mol. The zero-order chi connectivity index (χ0) is 13.7. The van der Waals surface area contributed by atoms with Crippen molar-refractivity contribution in [1.82, 2.24) is 24.9 Å². The molecule has 0 spiro atoms. The smallest absolute Gasteiger partial charge is 0.236 e. The minimum atomic E-state index is 0.232. The Morgan fingerprint density at radius 3 is 2.84 bits per heavy atom. The van der Waals surface area contributed by atoms with E-state index in [0.29, 0.717) is 6.54 Å². The highest BCUT2D eigenvalue weighted by atomic mass is 16.2. The van der Waals surface area contributed by atoms with Crippen molar-refractivity contribution in [2.24, 2.45) is 7.05 Å². The molecule has 2 rings (SSSR count). The first kappa shape index (κ1) is 14.0. The van der Waals surface area contributed by atoms with E-state index in [1.54, 1.807) is 4.68 Å². The van der Waals surface area contributed by atoms with E-state index in [9.17, 15) is 4.79 Å². The number of carbonyl (C=O) groups is 1. The second-order valence-corrected chi connectivity index (χ2v) is 5.14. The van der Waals surface area contributed by atoms with Gasteiger partial charge < -0.3 is 10.2 Å². The number of hydrogen-bond acceptors (Lipinski definition) is 4. The van der Waals surface area contributed by atoms with Crippen LogP contribution in [0.3, 0.4) is 0 Å². The molecule has 0 atom stereocenters. The summed E-state index contributed by atoms with van der Waals surface area (Å²) in [6.45, 7) is 4.85. The Kier molecular flexibility index (Phi) is 4.93. The molecule has 0 bridgehead atoms. The van der Waals surface area contributed by atoms with E-state index in [1.165, 1.54) is 5.56 Å². The molecule has 1 aliphatic rings. The van der Waals surface area contributed by atoms with Crippen LogP contribution in [0, 0.1) is 0 Å². The monoisotopic (exact) mass is 265 g/mol. The van der Waals surface area contributed by atoms with Gasteiger partial charge in [-0.1, -0.05) is 0 Å². The molecule has 1 amide bonds. The zero-order valence-electron chi connectivity index (χ0n) is 11.8. The maximum absolute atomic E-state index is 12.1. The molecule has 6 nitrogen and oxygen atoms in total. The first-order valence-corrected chi connectivity index (χ1v) is 6.80. The van der Waals surface area contributed by atoms with Gasteiger partial charge in [-0.15, -0.1) is 0 Å². The Balaban J connectivity index is 1.71.